The minimum Gasteiger partial charge on any atom is -0.342 e. The number of hydrogen-bond acceptors (Lipinski definition) is 4. The topological polar surface area (TPSA) is 53.5 Å². The first-order valence-corrected chi connectivity index (χ1v) is 11.1. The molecule has 148 valence electrons. The third-order valence-electron chi connectivity index (χ3n) is 5.75. The van der Waals surface area contributed by atoms with Crippen LogP contribution >= 0.6 is 11.3 Å². The second-order valence-electron chi connectivity index (χ2n) is 7.69. The Morgan fingerprint density at radius 2 is 1.68 bits per heavy atom. The molecule has 1 aromatic heterocycles. The van der Waals surface area contributed by atoms with Crippen LogP contribution < -0.4 is 0 Å². The summed E-state index contributed by atoms with van der Waals surface area (Å²) in [6.45, 7) is 3.13. The number of carbonyl (C=O) groups excluding carboxylic acids is 2. The molecule has 2 amide bonds. The Hall–Kier alpha value is -2.21. The first-order chi connectivity index (χ1) is 13.7. The minimum atomic E-state index is 0.0138. The van der Waals surface area contributed by atoms with E-state index in [1.54, 1.807) is 17.4 Å². The zero-order valence-electron chi connectivity index (χ0n) is 16.2. The number of benzene rings is 1. The molecule has 3 heterocycles. The summed E-state index contributed by atoms with van der Waals surface area (Å²) >= 11 is 1.59. The Morgan fingerprint density at radius 3 is 2.39 bits per heavy atom. The summed E-state index contributed by atoms with van der Waals surface area (Å²) in [5.41, 5.74) is 0.965. The van der Waals surface area contributed by atoms with Crippen molar-refractivity contribution in [2.75, 3.05) is 26.2 Å². The molecule has 2 aliphatic rings. The molecule has 2 aliphatic heterocycles. The first kappa shape index (κ1) is 19.1. The van der Waals surface area contributed by atoms with Gasteiger partial charge in [-0.2, -0.15) is 0 Å². The van der Waals surface area contributed by atoms with Gasteiger partial charge >= 0.3 is 0 Å². The largest absolute Gasteiger partial charge is 0.342 e. The number of nitrogens with zero attached hydrogens (tertiary/aromatic N) is 3. The van der Waals surface area contributed by atoms with Crippen molar-refractivity contribution in [1.82, 2.24) is 14.8 Å². The number of hydrogen-bond donors (Lipinski definition) is 0. The lowest BCUT2D eigenvalue weighted by Crippen LogP contribution is -2.44. The van der Waals surface area contributed by atoms with Crippen LogP contribution in [0.15, 0.2) is 30.3 Å². The highest BCUT2D eigenvalue weighted by molar-refractivity contribution is 7.19. The van der Waals surface area contributed by atoms with Gasteiger partial charge in [0, 0.05) is 38.2 Å². The van der Waals surface area contributed by atoms with E-state index in [1.807, 2.05) is 35.2 Å². The summed E-state index contributed by atoms with van der Waals surface area (Å²) < 4.78 is 1.13. The zero-order chi connectivity index (χ0) is 19.3. The molecule has 0 aliphatic carbocycles. The van der Waals surface area contributed by atoms with Crippen molar-refractivity contribution in [2.45, 2.75) is 38.5 Å². The van der Waals surface area contributed by atoms with Gasteiger partial charge in [-0.25, -0.2) is 4.98 Å². The number of amides is 2. The number of para-hydroxylation sites is 1. The fourth-order valence-corrected chi connectivity index (χ4v) is 4.98. The molecule has 6 heteroatoms. The fourth-order valence-electron chi connectivity index (χ4n) is 4.11. The van der Waals surface area contributed by atoms with Gasteiger partial charge in [-0.15, -0.1) is 11.3 Å². The molecule has 4 rings (SSSR count). The maximum absolute atomic E-state index is 12.8. The van der Waals surface area contributed by atoms with Crippen molar-refractivity contribution in [1.29, 1.82) is 0 Å². The maximum atomic E-state index is 12.8. The Kier molecular flexibility index (Phi) is 6.05. The Bertz CT molecular complexity index is 827. The molecule has 5 nitrogen and oxygen atoms in total. The van der Waals surface area contributed by atoms with Crippen LogP contribution in [0.2, 0.25) is 0 Å². The molecule has 0 saturated carbocycles. The predicted molar refractivity (Wildman–Crippen MR) is 113 cm³/mol. The van der Waals surface area contributed by atoms with Crippen molar-refractivity contribution in [3.05, 3.63) is 35.3 Å². The van der Waals surface area contributed by atoms with Gasteiger partial charge in [-0.3, -0.25) is 9.59 Å². The van der Waals surface area contributed by atoms with Crippen molar-refractivity contribution >= 4 is 39.4 Å². The number of thiazole rings is 1. The van der Waals surface area contributed by atoms with Crippen LogP contribution in [0.4, 0.5) is 0 Å². The number of piperidine rings is 1. The van der Waals surface area contributed by atoms with Gasteiger partial charge in [-0.1, -0.05) is 25.0 Å². The second kappa shape index (κ2) is 8.86. The van der Waals surface area contributed by atoms with E-state index in [0.717, 1.165) is 54.0 Å². The van der Waals surface area contributed by atoms with Crippen LogP contribution in [0.3, 0.4) is 0 Å². The number of fused-ring (bicyclic) bond motifs is 1. The summed E-state index contributed by atoms with van der Waals surface area (Å²) in [5, 5.41) is 0.848. The highest BCUT2D eigenvalue weighted by atomic mass is 32.1. The molecule has 0 unspecified atom stereocenters. The molecule has 2 fully saturated rings. The fraction of sp³-hybridized carbons (Fsp3) is 0.500. The van der Waals surface area contributed by atoms with E-state index in [2.05, 4.69) is 9.88 Å². The van der Waals surface area contributed by atoms with Crippen molar-refractivity contribution in [3.8, 4) is 0 Å². The van der Waals surface area contributed by atoms with Gasteiger partial charge in [0.05, 0.1) is 10.2 Å². The Morgan fingerprint density at radius 1 is 0.964 bits per heavy atom. The van der Waals surface area contributed by atoms with Crippen molar-refractivity contribution in [2.24, 2.45) is 5.92 Å². The molecule has 0 atom stereocenters. The normalized spacial score (nSPS) is 19.3. The quantitative estimate of drug-likeness (QED) is 0.737. The van der Waals surface area contributed by atoms with Gasteiger partial charge in [0.15, 0.2) is 0 Å². The average Bonchev–Trinajstić information content (AvgIpc) is 2.95. The van der Waals surface area contributed by atoms with Gasteiger partial charge in [0.1, 0.15) is 5.01 Å². The molecule has 0 bridgehead atoms. The number of aromatic nitrogens is 1. The zero-order valence-corrected chi connectivity index (χ0v) is 17.0. The van der Waals surface area contributed by atoms with Crippen molar-refractivity contribution in [3.63, 3.8) is 0 Å². The maximum Gasteiger partial charge on any atom is 0.246 e. The monoisotopic (exact) mass is 397 g/mol. The molecular weight excluding hydrogens is 370 g/mol. The van der Waals surface area contributed by atoms with Gasteiger partial charge in [0.25, 0.3) is 0 Å². The van der Waals surface area contributed by atoms with Crippen LogP contribution in [0.25, 0.3) is 16.3 Å². The van der Waals surface area contributed by atoms with Crippen LogP contribution in [0, 0.1) is 5.92 Å². The van der Waals surface area contributed by atoms with Crippen LogP contribution in [0.5, 0.6) is 0 Å². The number of rotatable bonds is 3. The highest BCUT2D eigenvalue weighted by Gasteiger charge is 2.29. The van der Waals surface area contributed by atoms with Gasteiger partial charge < -0.3 is 9.80 Å². The molecular formula is C22H27N3O2S. The molecule has 2 aromatic rings. The highest BCUT2D eigenvalue weighted by Crippen LogP contribution is 2.24. The molecule has 1 aromatic carbocycles. The first-order valence-electron chi connectivity index (χ1n) is 10.3. The van der Waals surface area contributed by atoms with Crippen LogP contribution in [0.1, 0.15) is 43.5 Å². The van der Waals surface area contributed by atoms with E-state index in [-0.39, 0.29) is 11.8 Å². The van der Waals surface area contributed by atoms with Crippen LogP contribution in [-0.2, 0) is 9.59 Å². The van der Waals surface area contributed by atoms with E-state index in [1.165, 1.54) is 12.8 Å². The Labute approximate surface area is 170 Å². The smallest absolute Gasteiger partial charge is 0.246 e. The van der Waals surface area contributed by atoms with E-state index < -0.39 is 0 Å². The summed E-state index contributed by atoms with van der Waals surface area (Å²) in [4.78, 5) is 33.8. The third-order valence-corrected chi connectivity index (χ3v) is 6.75. The summed E-state index contributed by atoms with van der Waals surface area (Å²) in [5.74, 6) is 0.398. The lowest BCUT2D eigenvalue weighted by Gasteiger charge is -2.33. The molecule has 0 N–H and O–H groups in total. The summed E-state index contributed by atoms with van der Waals surface area (Å²) in [7, 11) is 0. The third kappa shape index (κ3) is 4.43. The molecule has 0 radical (unpaired) electrons. The second-order valence-corrected chi connectivity index (χ2v) is 8.75. The Balaban J connectivity index is 1.30. The van der Waals surface area contributed by atoms with Crippen LogP contribution in [-0.4, -0.2) is 52.8 Å². The van der Waals surface area contributed by atoms with Gasteiger partial charge in [0.2, 0.25) is 11.8 Å². The standard InChI is InChI=1S/C22H27N3O2S/c26-21(10-9-20-23-18-7-3-4-8-19(18)28-20)24-15-11-17(12-16-24)22(27)25-13-5-1-2-6-14-25/h3-4,7-10,17H,1-2,5-6,11-16H2. The van der Waals surface area contributed by atoms with E-state index >= 15 is 0 Å². The molecule has 2 saturated heterocycles. The minimum absolute atomic E-state index is 0.0138. The number of carbonyl (C=O) groups is 2. The van der Waals surface area contributed by atoms with E-state index in [4.69, 9.17) is 0 Å². The molecule has 0 spiro atoms. The summed E-state index contributed by atoms with van der Waals surface area (Å²) in [6.07, 6.45) is 9.69. The lowest BCUT2D eigenvalue weighted by molar-refractivity contribution is -0.139. The predicted octanol–water partition coefficient (Wildman–Crippen LogP) is 3.95. The van der Waals surface area contributed by atoms with E-state index in [9.17, 15) is 9.59 Å². The van der Waals surface area contributed by atoms with E-state index in [0.29, 0.717) is 19.0 Å². The summed E-state index contributed by atoms with van der Waals surface area (Å²) in [6, 6.07) is 7.99. The van der Waals surface area contributed by atoms with Gasteiger partial charge in [-0.05, 0) is 43.9 Å². The number of likely N-dealkylation sites (tertiary alicyclic amines) is 2. The lowest BCUT2D eigenvalue weighted by atomic mass is 9.95. The molecule has 28 heavy (non-hydrogen) atoms. The SMILES string of the molecule is O=C(C=Cc1nc2ccccc2s1)N1CCC(C(=O)N2CCCCCC2)CC1. The average molecular weight is 398 g/mol. The van der Waals surface area contributed by atoms with Crippen molar-refractivity contribution < 1.29 is 9.59 Å².